The lowest BCUT2D eigenvalue weighted by Gasteiger charge is -2.00. The number of rotatable bonds is 2. The lowest BCUT2D eigenvalue weighted by atomic mass is 10.1. The third-order valence-electron chi connectivity index (χ3n) is 6.74. The Morgan fingerprint density at radius 1 is 0.333 bits per heavy atom. The molecule has 0 heterocycles. The number of halogens is 9. The van der Waals surface area contributed by atoms with Gasteiger partial charge in [0.2, 0.25) is 6.29 Å². The number of aldehydes is 1. The van der Waals surface area contributed by atoms with Gasteiger partial charge in [-0.25, -0.2) is 26.3 Å². The van der Waals surface area contributed by atoms with Crippen molar-refractivity contribution < 1.29 is 44.3 Å². The fourth-order valence-electron chi connectivity index (χ4n) is 3.60. The normalized spacial score (nSPS) is 5.87. The number of alkyl halides is 5. The average Bonchev–Trinajstić information content (AvgIpc) is 1.66. The number of terminal acetylenes is 1. The molecule has 0 amide bonds. The van der Waals surface area contributed by atoms with Crippen LogP contribution in [0.3, 0.4) is 0 Å². The summed E-state index contributed by atoms with van der Waals surface area (Å²) in [4.78, 5) is 8.70. The third-order valence-corrected chi connectivity index (χ3v) is 6.74. The quantitative estimate of drug-likeness (QED) is 0.168. The fourth-order valence-corrected chi connectivity index (χ4v) is 3.60. The molecule has 2 aromatic carbocycles. The van der Waals surface area contributed by atoms with Gasteiger partial charge in [0.25, 0.3) is 0 Å². The zero-order valence-corrected chi connectivity index (χ0v) is 47.3. The number of nitrogen functional groups attached to an aromatic ring is 1. The monoisotopic (exact) mass is 1200 g/mol. The van der Waals surface area contributed by atoms with Crippen molar-refractivity contribution in [1.82, 2.24) is 0 Å². The smallest absolute Gasteiger partial charge is 0.399 e. The van der Waals surface area contributed by atoms with Crippen molar-refractivity contribution in [2.45, 2.75) is 33.4 Å². The number of benzene rings is 2. The maximum atomic E-state index is 12.6. The van der Waals surface area contributed by atoms with Crippen LogP contribution in [-0.4, -0.2) is 12.5 Å². The highest BCUT2D eigenvalue weighted by Gasteiger charge is 2.25. The van der Waals surface area contributed by atoms with Gasteiger partial charge in [-0.15, -0.1) is 6.42 Å². The molecule has 0 aromatic heterocycles. The van der Waals surface area contributed by atoms with Gasteiger partial charge >= 0.3 is 6.18 Å². The van der Waals surface area contributed by atoms with Crippen molar-refractivity contribution in [3.05, 3.63) is 64.2 Å². The average molecular weight is 1200 g/mol. The van der Waals surface area contributed by atoms with Crippen molar-refractivity contribution in [3.8, 4) is 379 Å². The van der Waals surface area contributed by atoms with Gasteiger partial charge in [-0.3, -0.25) is 4.79 Å². The van der Waals surface area contributed by atoms with Gasteiger partial charge in [0.15, 0.2) is 23.3 Å². The highest BCUT2D eigenvalue weighted by molar-refractivity contribution is 5.57. The van der Waals surface area contributed by atoms with Crippen LogP contribution in [0.1, 0.15) is 23.6 Å². The molecule has 0 aliphatic carbocycles. The van der Waals surface area contributed by atoms with E-state index in [1.807, 2.05) is 0 Å². The van der Waals surface area contributed by atoms with E-state index in [1.54, 1.807) is 13.8 Å². The molecule has 0 atom stereocenters. The summed E-state index contributed by atoms with van der Waals surface area (Å²) in [5.41, 5.74) is 5.11. The summed E-state index contributed by atoms with van der Waals surface area (Å²) in [5.74, 6) is 153. The van der Waals surface area contributed by atoms with Crippen LogP contribution in [0, 0.1) is 410 Å². The molecule has 0 bridgehead atoms. The number of carbonyl (C=O) groups excluding carboxylic acids is 1. The van der Waals surface area contributed by atoms with Crippen molar-refractivity contribution in [3.63, 3.8) is 0 Å². The van der Waals surface area contributed by atoms with E-state index < -0.39 is 49.1 Å². The van der Waals surface area contributed by atoms with E-state index in [0.29, 0.717) is 5.56 Å². The molecule has 0 aliphatic rings. The van der Waals surface area contributed by atoms with E-state index in [2.05, 4.69) is 373 Å². The van der Waals surface area contributed by atoms with E-state index in [9.17, 15) is 39.5 Å². The third kappa shape index (κ3) is 56.8. The molecule has 0 fully saturated rings. The molecule has 11 heteroatoms. The zero-order valence-electron chi connectivity index (χ0n) is 47.3. The summed E-state index contributed by atoms with van der Waals surface area (Å²) in [6, 6.07) is 4.21. The van der Waals surface area contributed by atoms with Crippen molar-refractivity contribution in [2.24, 2.45) is 0 Å². The van der Waals surface area contributed by atoms with Gasteiger partial charge in [-0.05, 0) is 132 Å². The molecule has 2 aromatic rings. The fraction of sp³-hybridized carbons (Fsp3) is 0.0610. The van der Waals surface area contributed by atoms with Crippen LogP contribution >= 0.6 is 0 Å². The molecule has 420 valence electrons. The predicted molar refractivity (Wildman–Crippen MR) is 339 cm³/mol. The van der Waals surface area contributed by atoms with Crippen LogP contribution in [0.15, 0.2) is 24.3 Å². The van der Waals surface area contributed by atoms with Gasteiger partial charge in [-0.1, -0.05) is 12.0 Å². The largest absolute Gasteiger partial charge is 0.446 e. The Morgan fingerprint density at radius 2 is 0.505 bits per heavy atom. The first-order valence-corrected chi connectivity index (χ1v) is 23.5. The Bertz CT molecular complexity index is 5440. The molecule has 0 aliphatic heterocycles. The molecular weight excluding hydrogens is 1190 g/mol. The highest BCUT2D eigenvalue weighted by atomic mass is 19.4. The first kappa shape index (κ1) is 78.3. The Kier molecular flexibility index (Phi) is 50.3. The molecule has 93 heavy (non-hydrogen) atoms. The SMILES string of the molecule is C#CC#CC#CC#CC#CC#CC#CC#CC#CC#CC#CC#CC#CC#CC#CC#CC#CC#CC#CC#CC#CC#CC#CC#CC#CC#CC#CC#CC#CC#CC#CC#CC.Cc1cc(F)c(F)c(CF)c1.Nc1cc(F)c(F)c(CF)c1.O=CC(F)(F)F. The summed E-state index contributed by atoms with van der Waals surface area (Å²) in [7, 11) is 0. The highest BCUT2D eigenvalue weighted by Crippen LogP contribution is 2.17. The van der Waals surface area contributed by atoms with Crippen LogP contribution in [0.4, 0.5) is 45.2 Å². The Hall–Kier alpha value is -16.8. The topological polar surface area (TPSA) is 43.1 Å². The standard InChI is InChI=1S/C65H4.C8H7F3.C7H6F3N.C2HF3O/c1-3-5-7-9-11-13-15-17-19-21-23-25-27-29-31-33-35-37-39-41-43-45-47-49-51-53-55-57-59-61-63-65-64-62-60-58-56-54-52-50-48-46-44-42-40-38-36-34-32-30-28-26-24-22-20-18-16-14-12-10-8-6-4-2;1-5-2-6(4-9)8(11)7(10)3-5;8-3-4-1-5(11)2-6(9)7(4)10;3-2(4,5)1-6/h1H,2H3;2-3H,4H2,1H3;1-2H,3,11H2;1H. The Labute approximate surface area is 536 Å². The molecule has 0 saturated heterocycles. The number of aryl methyl sites for hydroxylation is 1. The van der Waals surface area contributed by atoms with Crippen molar-refractivity contribution in [2.75, 3.05) is 5.73 Å². The molecule has 2 N–H and O–H groups in total. The van der Waals surface area contributed by atoms with Gasteiger partial charge in [-0.2, -0.15) is 13.2 Å². The second-order valence-electron chi connectivity index (χ2n) is 13.1. The van der Waals surface area contributed by atoms with Crippen LogP contribution in [0.2, 0.25) is 0 Å². The summed E-state index contributed by atoms with van der Waals surface area (Å²) in [6.45, 7) is 1.25. The minimum absolute atomic E-state index is 0.0246. The first-order chi connectivity index (χ1) is 45.3. The second-order valence-corrected chi connectivity index (χ2v) is 13.1. The summed E-state index contributed by atoms with van der Waals surface area (Å²) in [5, 5.41) is 0. The molecule has 2 rings (SSSR count). The predicted octanol–water partition coefficient (Wildman–Crippen LogP) is 6.25. The van der Waals surface area contributed by atoms with Gasteiger partial charge in [0.1, 0.15) is 13.3 Å². The minimum Gasteiger partial charge on any atom is -0.399 e. The second kappa shape index (κ2) is 59.8. The van der Waals surface area contributed by atoms with Crippen LogP contribution in [0.5, 0.6) is 0 Å². The van der Waals surface area contributed by atoms with Crippen molar-refractivity contribution in [1.29, 1.82) is 0 Å². The number of hydrogen-bond acceptors (Lipinski definition) is 2. The van der Waals surface area contributed by atoms with E-state index in [1.165, 1.54) is 6.07 Å². The van der Waals surface area contributed by atoms with E-state index in [0.717, 1.165) is 18.2 Å². The summed E-state index contributed by atoms with van der Waals surface area (Å²) in [6.07, 6.45) is -0.757. The lowest BCUT2D eigenvalue weighted by Crippen LogP contribution is -2.07. The zero-order chi connectivity index (χ0) is 68.6. The number of nitrogens with two attached hydrogens (primary N) is 1. The molecule has 0 spiro atoms. The number of hydrogen-bond donors (Lipinski definition) is 1. The molecular formula is C82H18F9NO. The molecule has 0 radical (unpaired) electrons. The van der Waals surface area contributed by atoms with E-state index in [-0.39, 0.29) is 16.8 Å². The molecule has 0 saturated carbocycles. The summed E-state index contributed by atoms with van der Waals surface area (Å²) >= 11 is 0. The van der Waals surface area contributed by atoms with Gasteiger partial charge < -0.3 is 5.73 Å². The van der Waals surface area contributed by atoms with Gasteiger partial charge in [0, 0.05) is 289 Å². The Morgan fingerprint density at radius 3 is 0.677 bits per heavy atom. The molecule has 0 unspecified atom stereocenters. The van der Waals surface area contributed by atoms with Crippen LogP contribution < -0.4 is 5.73 Å². The van der Waals surface area contributed by atoms with E-state index >= 15 is 0 Å². The number of anilines is 1. The Balaban J connectivity index is 0. The van der Waals surface area contributed by atoms with E-state index in [4.69, 9.17) is 17.0 Å². The summed E-state index contributed by atoms with van der Waals surface area (Å²) < 4.78 is 105. The minimum atomic E-state index is -4.64. The first-order valence-electron chi connectivity index (χ1n) is 23.5. The number of carbonyl (C=O) groups is 1. The molecule has 2 nitrogen and oxygen atoms in total. The maximum Gasteiger partial charge on any atom is 0.446 e. The lowest BCUT2D eigenvalue weighted by molar-refractivity contribution is -0.156. The van der Waals surface area contributed by atoms with Crippen molar-refractivity contribution >= 4 is 12.0 Å². The van der Waals surface area contributed by atoms with Crippen LogP contribution in [0.25, 0.3) is 0 Å². The van der Waals surface area contributed by atoms with Gasteiger partial charge in [0.05, 0.1) is 0 Å². The maximum absolute atomic E-state index is 12.6. The van der Waals surface area contributed by atoms with Crippen LogP contribution in [-0.2, 0) is 18.1 Å².